The van der Waals surface area contributed by atoms with Crippen molar-refractivity contribution >= 4 is 5.97 Å². The van der Waals surface area contributed by atoms with Crippen LogP contribution in [0.5, 0.6) is 0 Å². The first-order valence-corrected chi connectivity index (χ1v) is 9.80. The number of nitrogens with two attached hydrogens (primary N) is 1. The van der Waals surface area contributed by atoms with Gasteiger partial charge in [0.1, 0.15) is 5.76 Å². The molecule has 4 heteroatoms. The van der Waals surface area contributed by atoms with Crippen LogP contribution in [0, 0.1) is 34.5 Å². The summed E-state index contributed by atoms with van der Waals surface area (Å²) >= 11 is 0. The maximum Gasteiger partial charge on any atom is 0.307 e. The second-order valence-corrected chi connectivity index (χ2v) is 9.27. The van der Waals surface area contributed by atoms with Crippen LogP contribution in [0.2, 0.25) is 0 Å². The van der Waals surface area contributed by atoms with Gasteiger partial charge in [0.15, 0.2) is 0 Å². The van der Waals surface area contributed by atoms with Crippen LogP contribution in [-0.2, 0) is 9.53 Å². The van der Waals surface area contributed by atoms with E-state index in [0.29, 0.717) is 23.7 Å². The Bertz CT molecular complexity index is 654. The van der Waals surface area contributed by atoms with Crippen LogP contribution in [0.15, 0.2) is 23.6 Å². The molecule has 2 fully saturated rings. The number of ether oxygens (including phenoxy) is 1. The standard InChI is InChI=1S/C21H31NO3/c1-12(23)25-18-11-17-15-5-4-13-10-14(24)6-8-20(13,2)16(15)7-9-21(17,3)19(18)22/h6,8,13-17,24H,4-5,7,9-11,22H2,1-3H3/t13?,14-,15+,16-,17-,20-,21-/m0/s1. The van der Waals surface area contributed by atoms with Gasteiger partial charge in [0, 0.05) is 18.8 Å². The third-order valence-corrected chi connectivity index (χ3v) is 8.15. The second-order valence-electron chi connectivity index (χ2n) is 9.27. The Morgan fingerprint density at radius 2 is 2.04 bits per heavy atom. The van der Waals surface area contributed by atoms with E-state index in [2.05, 4.69) is 19.9 Å². The predicted octanol–water partition coefficient (Wildman–Crippen LogP) is 3.51. The van der Waals surface area contributed by atoms with Crippen LogP contribution >= 0.6 is 0 Å². The highest BCUT2D eigenvalue weighted by Crippen LogP contribution is 2.65. The molecule has 0 aromatic carbocycles. The van der Waals surface area contributed by atoms with Gasteiger partial charge >= 0.3 is 5.97 Å². The fraction of sp³-hybridized carbons (Fsp3) is 0.762. The predicted molar refractivity (Wildman–Crippen MR) is 96.0 cm³/mol. The van der Waals surface area contributed by atoms with Gasteiger partial charge in [0.2, 0.25) is 0 Å². The fourth-order valence-corrected chi connectivity index (χ4v) is 6.72. The van der Waals surface area contributed by atoms with Crippen LogP contribution in [0.4, 0.5) is 0 Å². The van der Waals surface area contributed by atoms with Crippen LogP contribution in [-0.4, -0.2) is 17.2 Å². The molecule has 0 radical (unpaired) electrons. The Morgan fingerprint density at radius 3 is 2.76 bits per heavy atom. The summed E-state index contributed by atoms with van der Waals surface area (Å²) < 4.78 is 5.47. The molecular weight excluding hydrogens is 314 g/mol. The molecule has 0 aromatic heterocycles. The van der Waals surface area contributed by atoms with Crippen molar-refractivity contribution in [2.45, 2.75) is 65.4 Å². The zero-order chi connectivity index (χ0) is 18.0. The molecule has 0 heterocycles. The lowest BCUT2D eigenvalue weighted by Gasteiger charge is -2.58. The Kier molecular flexibility index (Phi) is 3.84. The van der Waals surface area contributed by atoms with E-state index in [-0.39, 0.29) is 22.9 Å². The van der Waals surface area contributed by atoms with Crippen molar-refractivity contribution in [1.29, 1.82) is 0 Å². The Morgan fingerprint density at radius 1 is 1.28 bits per heavy atom. The smallest absolute Gasteiger partial charge is 0.307 e. The number of aliphatic hydroxyl groups is 1. The van der Waals surface area contributed by atoms with Crippen molar-refractivity contribution < 1.29 is 14.6 Å². The van der Waals surface area contributed by atoms with Crippen molar-refractivity contribution in [2.24, 2.45) is 40.2 Å². The summed E-state index contributed by atoms with van der Waals surface area (Å²) in [7, 11) is 0. The number of allylic oxidation sites excluding steroid dienone is 3. The first-order valence-electron chi connectivity index (χ1n) is 9.80. The van der Waals surface area contributed by atoms with E-state index in [1.807, 2.05) is 6.08 Å². The molecule has 7 atom stereocenters. The summed E-state index contributed by atoms with van der Waals surface area (Å²) in [5, 5.41) is 10.0. The number of aliphatic hydroxyl groups excluding tert-OH is 1. The molecular formula is C21H31NO3. The molecule has 2 saturated carbocycles. The van der Waals surface area contributed by atoms with Crippen molar-refractivity contribution in [1.82, 2.24) is 0 Å². The van der Waals surface area contributed by atoms with Gasteiger partial charge in [-0.3, -0.25) is 4.79 Å². The summed E-state index contributed by atoms with van der Waals surface area (Å²) in [6.45, 7) is 6.13. The monoisotopic (exact) mass is 345 g/mol. The molecule has 1 unspecified atom stereocenters. The number of carbonyl (C=O) groups excluding carboxylic acids is 1. The molecule has 4 aliphatic rings. The molecule has 0 aromatic rings. The highest BCUT2D eigenvalue weighted by atomic mass is 16.5. The van der Waals surface area contributed by atoms with E-state index < -0.39 is 0 Å². The second kappa shape index (κ2) is 5.60. The normalized spacial score (nSPS) is 48.6. The zero-order valence-electron chi connectivity index (χ0n) is 15.6. The maximum absolute atomic E-state index is 11.5. The van der Waals surface area contributed by atoms with Crippen LogP contribution < -0.4 is 5.73 Å². The SMILES string of the molecule is CC(=O)OC1=C(N)[C@@]2(C)CC[C@H]3[C@@H](CCC4C[C@@H](O)C=C[C@@]43C)[C@@H]2C1. The lowest BCUT2D eigenvalue weighted by molar-refractivity contribution is -0.137. The molecule has 3 N–H and O–H groups in total. The summed E-state index contributed by atoms with van der Waals surface area (Å²) in [6, 6.07) is 0. The first kappa shape index (κ1) is 17.1. The number of hydrogen-bond donors (Lipinski definition) is 2. The summed E-state index contributed by atoms with van der Waals surface area (Å²) in [5.74, 6) is 2.76. The number of hydrogen-bond acceptors (Lipinski definition) is 4. The van der Waals surface area contributed by atoms with Gasteiger partial charge in [0.25, 0.3) is 0 Å². The van der Waals surface area contributed by atoms with Crippen molar-refractivity contribution in [2.75, 3.05) is 0 Å². The summed E-state index contributed by atoms with van der Waals surface area (Å²) in [6.07, 6.45) is 10.4. The van der Waals surface area contributed by atoms with E-state index in [1.54, 1.807) is 0 Å². The molecule has 0 aliphatic heterocycles. The van der Waals surface area contributed by atoms with Gasteiger partial charge in [0.05, 0.1) is 11.8 Å². The fourth-order valence-electron chi connectivity index (χ4n) is 6.72. The molecule has 4 nitrogen and oxygen atoms in total. The summed E-state index contributed by atoms with van der Waals surface area (Å²) in [5.41, 5.74) is 7.44. The molecule has 0 saturated heterocycles. The van der Waals surface area contributed by atoms with Gasteiger partial charge < -0.3 is 15.6 Å². The number of esters is 1. The first-order chi connectivity index (χ1) is 11.8. The van der Waals surface area contributed by atoms with Crippen molar-refractivity contribution in [3.63, 3.8) is 0 Å². The number of carbonyl (C=O) groups is 1. The van der Waals surface area contributed by atoms with E-state index in [0.717, 1.165) is 30.7 Å². The van der Waals surface area contributed by atoms with Crippen molar-refractivity contribution in [3.8, 4) is 0 Å². The number of fused-ring (bicyclic) bond motifs is 5. The van der Waals surface area contributed by atoms with Crippen LogP contribution in [0.3, 0.4) is 0 Å². The summed E-state index contributed by atoms with van der Waals surface area (Å²) in [4.78, 5) is 11.5. The highest BCUT2D eigenvalue weighted by molar-refractivity contribution is 5.67. The lowest BCUT2D eigenvalue weighted by atomic mass is 9.46. The molecule has 25 heavy (non-hydrogen) atoms. The van der Waals surface area contributed by atoms with E-state index >= 15 is 0 Å². The molecule has 0 amide bonds. The molecule has 4 aliphatic carbocycles. The minimum Gasteiger partial charge on any atom is -0.429 e. The maximum atomic E-state index is 11.5. The van der Waals surface area contributed by atoms with Gasteiger partial charge in [-0.25, -0.2) is 0 Å². The zero-order valence-corrected chi connectivity index (χ0v) is 15.6. The van der Waals surface area contributed by atoms with Gasteiger partial charge in [-0.15, -0.1) is 0 Å². The third kappa shape index (κ3) is 2.40. The van der Waals surface area contributed by atoms with Gasteiger partial charge in [-0.2, -0.15) is 0 Å². The number of rotatable bonds is 1. The van der Waals surface area contributed by atoms with Gasteiger partial charge in [-0.1, -0.05) is 26.0 Å². The molecule has 4 rings (SSSR count). The van der Waals surface area contributed by atoms with Gasteiger partial charge in [-0.05, 0) is 61.2 Å². The average molecular weight is 345 g/mol. The lowest BCUT2D eigenvalue weighted by Crippen LogP contribution is -2.52. The van der Waals surface area contributed by atoms with Crippen molar-refractivity contribution in [3.05, 3.63) is 23.6 Å². The molecule has 0 bridgehead atoms. The third-order valence-electron chi connectivity index (χ3n) is 8.15. The van der Waals surface area contributed by atoms with Crippen LogP contribution in [0.1, 0.15) is 59.3 Å². The Labute approximate surface area is 150 Å². The van der Waals surface area contributed by atoms with E-state index in [1.165, 1.54) is 26.2 Å². The van der Waals surface area contributed by atoms with E-state index in [9.17, 15) is 9.90 Å². The minimum atomic E-state index is -0.275. The highest BCUT2D eigenvalue weighted by Gasteiger charge is 2.59. The minimum absolute atomic E-state index is 0.0347. The Hall–Kier alpha value is -1.29. The Balaban J connectivity index is 1.64. The molecule has 138 valence electrons. The topological polar surface area (TPSA) is 72.5 Å². The van der Waals surface area contributed by atoms with E-state index in [4.69, 9.17) is 10.5 Å². The average Bonchev–Trinajstić information content (AvgIpc) is 2.79. The molecule has 0 spiro atoms. The quantitative estimate of drug-likeness (QED) is 0.563. The largest absolute Gasteiger partial charge is 0.429 e. The van der Waals surface area contributed by atoms with Crippen LogP contribution in [0.25, 0.3) is 0 Å².